The van der Waals surface area contributed by atoms with Gasteiger partial charge in [0.25, 0.3) is 5.91 Å². The van der Waals surface area contributed by atoms with E-state index in [0.717, 1.165) is 28.2 Å². The fourth-order valence-electron chi connectivity index (χ4n) is 3.69. The summed E-state index contributed by atoms with van der Waals surface area (Å²) in [5, 5.41) is 2.98. The lowest BCUT2D eigenvalue weighted by Crippen LogP contribution is -2.34. The Labute approximate surface area is 176 Å². The van der Waals surface area contributed by atoms with Crippen LogP contribution in [0.3, 0.4) is 0 Å². The van der Waals surface area contributed by atoms with Crippen molar-refractivity contribution in [3.05, 3.63) is 89.5 Å². The van der Waals surface area contributed by atoms with Crippen LogP contribution in [0.5, 0.6) is 0 Å². The first kappa shape index (κ1) is 19.7. The second kappa shape index (κ2) is 8.41. The van der Waals surface area contributed by atoms with Crippen LogP contribution < -0.4 is 15.1 Å². The molecule has 1 N–H and O–H groups in total. The van der Waals surface area contributed by atoms with Crippen molar-refractivity contribution in [1.29, 1.82) is 0 Å². The molecule has 4 rings (SSSR count). The van der Waals surface area contributed by atoms with E-state index in [0.29, 0.717) is 24.9 Å². The van der Waals surface area contributed by atoms with Gasteiger partial charge < -0.3 is 15.1 Å². The van der Waals surface area contributed by atoms with E-state index >= 15 is 0 Å². The Morgan fingerprint density at radius 3 is 2.40 bits per heavy atom. The summed E-state index contributed by atoms with van der Waals surface area (Å²) in [6.45, 7) is 0.552. The van der Waals surface area contributed by atoms with Crippen LogP contribution in [0.2, 0.25) is 0 Å². The Balaban J connectivity index is 1.52. The van der Waals surface area contributed by atoms with Gasteiger partial charge >= 0.3 is 0 Å². The molecule has 3 aromatic rings. The van der Waals surface area contributed by atoms with Gasteiger partial charge in [0, 0.05) is 43.1 Å². The monoisotopic (exact) mass is 399 g/mol. The summed E-state index contributed by atoms with van der Waals surface area (Å²) < 4.78 is 0. The number of benzene rings is 3. The van der Waals surface area contributed by atoms with Crippen molar-refractivity contribution >= 4 is 28.9 Å². The number of nitrogens with zero attached hydrogens (tertiary/aromatic N) is 2. The van der Waals surface area contributed by atoms with E-state index in [1.54, 1.807) is 0 Å². The third kappa shape index (κ3) is 4.20. The molecule has 0 spiro atoms. The summed E-state index contributed by atoms with van der Waals surface area (Å²) in [7, 11) is 3.93. The van der Waals surface area contributed by atoms with Crippen molar-refractivity contribution in [2.24, 2.45) is 0 Å². The van der Waals surface area contributed by atoms with E-state index in [2.05, 4.69) is 5.32 Å². The Morgan fingerprint density at radius 2 is 1.70 bits per heavy atom. The molecule has 0 saturated carbocycles. The minimum atomic E-state index is -0.145. The van der Waals surface area contributed by atoms with Gasteiger partial charge in [0.2, 0.25) is 5.91 Å². The standard InChI is InChI=1S/C25H25N3O2/c1-27(2)22-12-8-19(9-13-22)25(30)26-21-11-14-23-20(16-21)10-15-24(29)28(23)17-18-6-4-3-5-7-18/h3-9,11-14,16H,10,15,17H2,1-2H3,(H,26,30). The average molecular weight is 399 g/mol. The molecule has 5 heteroatoms. The second-order valence-electron chi connectivity index (χ2n) is 7.70. The highest BCUT2D eigenvalue weighted by molar-refractivity contribution is 6.05. The number of fused-ring (bicyclic) bond motifs is 1. The van der Waals surface area contributed by atoms with Crippen molar-refractivity contribution < 1.29 is 9.59 Å². The zero-order valence-electron chi connectivity index (χ0n) is 17.3. The molecule has 0 unspecified atom stereocenters. The van der Waals surface area contributed by atoms with E-state index in [4.69, 9.17) is 0 Å². The maximum Gasteiger partial charge on any atom is 0.255 e. The molecule has 0 aliphatic carbocycles. The lowest BCUT2D eigenvalue weighted by Gasteiger charge is -2.30. The summed E-state index contributed by atoms with van der Waals surface area (Å²) in [5.74, 6) is -0.0163. The number of amides is 2. The molecule has 0 saturated heterocycles. The lowest BCUT2D eigenvalue weighted by atomic mass is 9.99. The summed E-state index contributed by atoms with van der Waals surface area (Å²) >= 11 is 0. The van der Waals surface area contributed by atoms with E-state index in [-0.39, 0.29) is 11.8 Å². The third-order valence-electron chi connectivity index (χ3n) is 5.37. The normalized spacial score (nSPS) is 13.0. The number of nitrogens with one attached hydrogen (secondary N) is 1. The number of aryl methyl sites for hydroxylation is 1. The van der Waals surface area contributed by atoms with Gasteiger partial charge in [-0.25, -0.2) is 0 Å². The van der Waals surface area contributed by atoms with Gasteiger partial charge in [-0.05, 0) is 60.0 Å². The maximum atomic E-state index is 12.6. The van der Waals surface area contributed by atoms with Crippen LogP contribution >= 0.6 is 0 Å². The number of anilines is 3. The molecule has 0 radical (unpaired) electrons. The van der Waals surface area contributed by atoms with Crippen molar-refractivity contribution in [3.8, 4) is 0 Å². The minimum Gasteiger partial charge on any atom is -0.378 e. The molecule has 0 bridgehead atoms. The van der Waals surface area contributed by atoms with Gasteiger partial charge in [-0.2, -0.15) is 0 Å². The summed E-state index contributed by atoms with van der Waals surface area (Å²) in [4.78, 5) is 29.0. The minimum absolute atomic E-state index is 0.129. The van der Waals surface area contributed by atoms with Gasteiger partial charge in [-0.1, -0.05) is 30.3 Å². The second-order valence-corrected chi connectivity index (χ2v) is 7.70. The van der Waals surface area contributed by atoms with Crippen LogP contribution in [0.15, 0.2) is 72.8 Å². The topological polar surface area (TPSA) is 52.7 Å². The summed E-state index contributed by atoms with van der Waals surface area (Å²) in [6, 6.07) is 23.3. The predicted octanol–water partition coefficient (Wildman–Crippen LogP) is 4.48. The smallest absolute Gasteiger partial charge is 0.255 e. The van der Waals surface area contributed by atoms with Crippen molar-refractivity contribution in [2.75, 3.05) is 29.2 Å². The van der Waals surface area contributed by atoms with Crippen molar-refractivity contribution in [3.63, 3.8) is 0 Å². The van der Waals surface area contributed by atoms with Gasteiger partial charge in [-0.3, -0.25) is 9.59 Å². The maximum absolute atomic E-state index is 12.6. The molecule has 1 aliphatic heterocycles. The molecule has 0 atom stereocenters. The van der Waals surface area contributed by atoms with Gasteiger partial charge in [0.05, 0.1) is 6.54 Å². The Morgan fingerprint density at radius 1 is 0.967 bits per heavy atom. The number of hydrogen-bond donors (Lipinski definition) is 1. The summed E-state index contributed by atoms with van der Waals surface area (Å²) in [6.07, 6.45) is 1.16. The number of hydrogen-bond acceptors (Lipinski definition) is 3. The molecule has 1 aliphatic rings. The Bertz CT molecular complexity index is 1060. The molecule has 3 aromatic carbocycles. The molecule has 0 aromatic heterocycles. The third-order valence-corrected chi connectivity index (χ3v) is 5.37. The number of carbonyl (C=O) groups is 2. The van der Waals surface area contributed by atoms with E-state index in [9.17, 15) is 9.59 Å². The molecule has 152 valence electrons. The molecule has 30 heavy (non-hydrogen) atoms. The van der Waals surface area contributed by atoms with Gasteiger partial charge in [0.15, 0.2) is 0 Å². The zero-order valence-corrected chi connectivity index (χ0v) is 17.3. The van der Waals surface area contributed by atoms with Crippen molar-refractivity contribution in [2.45, 2.75) is 19.4 Å². The van der Waals surface area contributed by atoms with Crippen molar-refractivity contribution in [1.82, 2.24) is 0 Å². The van der Waals surface area contributed by atoms with Gasteiger partial charge in [-0.15, -0.1) is 0 Å². The largest absolute Gasteiger partial charge is 0.378 e. The van der Waals surface area contributed by atoms with Crippen LogP contribution in [-0.4, -0.2) is 25.9 Å². The first-order valence-corrected chi connectivity index (χ1v) is 10.1. The number of rotatable bonds is 5. The molecule has 2 amide bonds. The first-order valence-electron chi connectivity index (χ1n) is 10.1. The highest BCUT2D eigenvalue weighted by Gasteiger charge is 2.24. The molecule has 5 nitrogen and oxygen atoms in total. The number of carbonyl (C=O) groups excluding carboxylic acids is 2. The molecule has 1 heterocycles. The predicted molar refractivity (Wildman–Crippen MR) is 121 cm³/mol. The molecular formula is C25H25N3O2. The quantitative estimate of drug-likeness (QED) is 0.688. The van der Waals surface area contributed by atoms with Crippen LogP contribution in [-0.2, 0) is 17.8 Å². The Hall–Kier alpha value is -3.60. The summed E-state index contributed by atoms with van der Waals surface area (Å²) in [5.41, 5.74) is 5.49. The molecular weight excluding hydrogens is 374 g/mol. The average Bonchev–Trinajstić information content (AvgIpc) is 2.76. The fraction of sp³-hybridized carbons (Fsp3) is 0.200. The zero-order chi connectivity index (χ0) is 21.1. The lowest BCUT2D eigenvalue weighted by molar-refractivity contribution is -0.119. The van der Waals surface area contributed by atoms with Crippen LogP contribution in [0.1, 0.15) is 27.9 Å². The SMILES string of the molecule is CN(C)c1ccc(C(=O)Nc2ccc3c(c2)CCC(=O)N3Cc2ccccc2)cc1. The fourth-order valence-corrected chi connectivity index (χ4v) is 3.69. The van der Waals surface area contributed by atoms with E-state index < -0.39 is 0 Å². The van der Waals surface area contributed by atoms with E-state index in [1.807, 2.05) is 96.7 Å². The van der Waals surface area contributed by atoms with Crippen LogP contribution in [0.4, 0.5) is 17.1 Å². The highest BCUT2D eigenvalue weighted by atomic mass is 16.2. The highest BCUT2D eigenvalue weighted by Crippen LogP contribution is 2.31. The first-order chi connectivity index (χ1) is 14.5. The van der Waals surface area contributed by atoms with Crippen LogP contribution in [0.25, 0.3) is 0 Å². The molecule has 0 fully saturated rings. The van der Waals surface area contributed by atoms with E-state index in [1.165, 1.54) is 0 Å². The Kier molecular flexibility index (Phi) is 5.53. The van der Waals surface area contributed by atoms with Gasteiger partial charge in [0.1, 0.15) is 0 Å². The van der Waals surface area contributed by atoms with Crippen LogP contribution in [0, 0.1) is 0 Å².